The van der Waals surface area contributed by atoms with Crippen molar-refractivity contribution in [2.45, 2.75) is 6.04 Å². The number of nitrogens with two attached hydrogens (primary N) is 1. The van der Waals surface area contributed by atoms with Crippen LogP contribution in [0.1, 0.15) is 0 Å². The molecule has 78 valence electrons. The molecular weight excluding hydrogens is 184 g/mol. The largest absolute Gasteiger partial charge is 0.271 e. The van der Waals surface area contributed by atoms with Gasteiger partial charge < -0.3 is 0 Å². The maximum Gasteiger partial charge on any atom is 0.0347 e. The van der Waals surface area contributed by atoms with Gasteiger partial charge in [0.15, 0.2) is 0 Å². The first-order chi connectivity index (χ1) is 7.42. The lowest BCUT2D eigenvalue weighted by atomic mass is 9.83. The van der Waals surface area contributed by atoms with Gasteiger partial charge in [0.1, 0.15) is 0 Å². The predicted molar refractivity (Wildman–Crippen MR) is 61.6 cm³/mol. The summed E-state index contributed by atoms with van der Waals surface area (Å²) >= 11 is 0. The van der Waals surface area contributed by atoms with E-state index in [1.165, 1.54) is 0 Å². The lowest BCUT2D eigenvalue weighted by Gasteiger charge is -2.22. The van der Waals surface area contributed by atoms with Gasteiger partial charge in [-0.25, -0.2) is 0 Å². The maximum absolute atomic E-state index is 5.68. The van der Waals surface area contributed by atoms with Crippen molar-refractivity contribution in [2.75, 3.05) is 0 Å². The van der Waals surface area contributed by atoms with Crippen LogP contribution in [0.2, 0.25) is 0 Å². The van der Waals surface area contributed by atoms with Crippen LogP contribution in [-0.2, 0) is 0 Å². The molecule has 0 heterocycles. The maximum atomic E-state index is 5.68. The number of hydrazine groups is 1. The Labute approximate surface area is 90.2 Å². The van der Waals surface area contributed by atoms with Crippen LogP contribution in [0.4, 0.5) is 0 Å². The molecule has 0 aliphatic heterocycles. The summed E-state index contributed by atoms with van der Waals surface area (Å²) < 4.78 is 0. The van der Waals surface area contributed by atoms with Gasteiger partial charge in [-0.2, -0.15) is 0 Å². The Morgan fingerprint density at radius 3 is 1.47 bits per heavy atom. The van der Waals surface area contributed by atoms with E-state index in [1.807, 2.05) is 0 Å². The Balaban J connectivity index is 1.99. The molecule has 0 aromatic carbocycles. The van der Waals surface area contributed by atoms with E-state index >= 15 is 0 Å². The standard InChI is InChI=1S/C13H16N2/c14-15-13-11-7-3-1-5-9(11)10-6-2-4-8-12(10)13/h1-13,15H,14H2. The van der Waals surface area contributed by atoms with E-state index in [0.717, 1.165) is 0 Å². The van der Waals surface area contributed by atoms with Gasteiger partial charge >= 0.3 is 0 Å². The smallest absolute Gasteiger partial charge is 0.0347 e. The Bertz CT molecular complexity index is 331. The van der Waals surface area contributed by atoms with Gasteiger partial charge in [0.05, 0.1) is 0 Å². The molecule has 0 aromatic heterocycles. The second kappa shape index (κ2) is 3.47. The second-order valence-corrected chi connectivity index (χ2v) is 4.54. The van der Waals surface area contributed by atoms with Crippen LogP contribution in [0.25, 0.3) is 0 Å². The summed E-state index contributed by atoms with van der Waals surface area (Å²) in [6.07, 6.45) is 17.8. The number of hydrogen-bond acceptors (Lipinski definition) is 2. The zero-order chi connectivity index (χ0) is 10.3. The molecule has 0 radical (unpaired) electrons. The van der Waals surface area contributed by atoms with E-state index < -0.39 is 0 Å². The number of rotatable bonds is 1. The van der Waals surface area contributed by atoms with Crippen LogP contribution >= 0.6 is 0 Å². The van der Waals surface area contributed by atoms with Crippen molar-refractivity contribution in [2.24, 2.45) is 29.5 Å². The first-order valence-corrected chi connectivity index (χ1v) is 5.58. The Morgan fingerprint density at radius 1 is 0.667 bits per heavy atom. The molecule has 1 fully saturated rings. The highest BCUT2D eigenvalue weighted by atomic mass is 15.2. The molecule has 0 amide bonds. The number of fused-ring (bicyclic) bond motifs is 3. The van der Waals surface area contributed by atoms with Gasteiger partial charge in [-0.15, -0.1) is 0 Å². The van der Waals surface area contributed by atoms with Crippen molar-refractivity contribution < 1.29 is 0 Å². The molecule has 0 spiro atoms. The lowest BCUT2D eigenvalue weighted by molar-refractivity contribution is 0.402. The zero-order valence-corrected chi connectivity index (χ0v) is 8.58. The van der Waals surface area contributed by atoms with Crippen molar-refractivity contribution in [3.8, 4) is 0 Å². The minimum absolute atomic E-state index is 0.377. The van der Waals surface area contributed by atoms with Gasteiger partial charge in [-0.3, -0.25) is 11.3 Å². The quantitative estimate of drug-likeness (QED) is 0.498. The summed E-state index contributed by atoms with van der Waals surface area (Å²) in [7, 11) is 0. The molecule has 4 atom stereocenters. The summed E-state index contributed by atoms with van der Waals surface area (Å²) in [6, 6.07) is 0.377. The van der Waals surface area contributed by atoms with Gasteiger partial charge in [-0.05, 0) is 11.8 Å². The van der Waals surface area contributed by atoms with E-state index in [2.05, 4.69) is 54.0 Å². The summed E-state index contributed by atoms with van der Waals surface area (Å²) in [4.78, 5) is 0. The molecule has 3 N–H and O–H groups in total. The average molecular weight is 200 g/mol. The fourth-order valence-electron chi connectivity index (χ4n) is 3.25. The van der Waals surface area contributed by atoms with E-state index in [-0.39, 0.29) is 0 Å². The summed E-state index contributed by atoms with van der Waals surface area (Å²) in [5.41, 5.74) is 2.99. The van der Waals surface area contributed by atoms with Crippen molar-refractivity contribution in [3.05, 3.63) is 48.6 Å². The average Bonchev–Trinajstić information content (AvgIpc) is 2.63. The first-order valence-electron chi connectivity index (χ1n) is 5.58. The minimum Gasteiger partial charge on any atom is -0.271 e. The number of hydrogen-bond donors (Lipinski definition) is 2. The van der Waals surface area contributed by atoms with Crippen LogP contribution in [-0.4, -0.2) is 6.04 Å². The van der Waals surface area contributed by atoms with E-state index in [1.54, 1.807) is 0 Å². The fourth-order valence-corrected chi connectivity index (χ4v) is 3.25. The van der Waals surface area contributed by atoms with Crippen molar-refractivity contribution in [1.29, 1.82) is 0 Å². The van der Waals surface area contributed by atoms with E-state index in [9.17, 15) is 0 Å². The monoisotopic (exact) mass is 200 g/mol. The van der Waals surface area contributed by atoms with Crippen molar-refractivity contribution >= 4 is 0 Å². The number of nitrogens with one attached hydrogen (secondary N) is 1. The predicted octanol–water partition coefficient (Wildman–Crippen LogP) is 1.55. The first kappa shape index (κ1) is 9.13. The summed E-state index contributed by atoms with van der Waals surface area (Å²) in [5, 5.41) is 0. The van der Waals surface area contributed by atoms with Crippen LogP contribution in [0.5, 0.6) is 0 Å². The Hall–Kier alpha value is -1.12. The summed E-state index contributed by atoms with van der Waals surface area (Å²) in [5.74, 6) is 8.00. The third-order valence-corrected chi connectivity index (χ3v) is 3.91. The molecule has 4 unspecified atom stereocenters. The molecule has 0 saturated heterocycles. The van der Waals surface area contributed by atoms with Crippen molar-refractivity contribution in [3.63, 3.8) is 0 Å². The molecule has 0 bridgehead atoms. The fraction of sp³-hybridized carbons (Fsp3) is 0.385. The SMILES string of the molecule is NNC1C2C=CC=CC2C2C=CC=CC21. The van der Waals surface area contributed by atoms with Crippen LogP contribution < -0.4 is 11.3 Å². The van der Waals surface area contributed by atoms with Crippen LogP contribution in [0, 0.1) is 23.7 Å². The molecule has 3 aliphatic carbocycles. The topological polar surface area (TPSA) is 38.0 Å². The molecule has 2 heteroatoms. The van der Waals surface area contributed by atoms with Gasteiger partial charge in [0.2, 0.25) is 0 Å². The third kappa shape index (κ3) is 1.25. The molecule has 3 aliphatic rings. The molecule has 3 rings (SSSR count). The molecular formula is C13H16N2. The summed E-state index contributed by atoms with van der Waals surface area (Å²) in [6.45, 7) is 0. The minimum atomic E-state index is 0.377. The molecule has 1 saturated carbocycles. The van der Waals surface area contributed by atoms with Crippen LogP contribution in [0.3, 0.4) is 0 Å². The van der Waals surface area contributed by atoms with Gasteiger partial charge in [0.25, 0.3) is 0 Å². The highest BCUT2D eigenvalue weighted by Crippen LogP contribution is 2.46. The van der Waals surface area contributed by atoms with E-state index in [4.69, 9.17) is 5.84 Å². The second-order valence-electron chi connectivity index (χ2n) is 4.54. The van der Waals surface area contributed by atoms with Crippen LogP contribution in [0.15, 0.2) is 48.6 Å². The Morgan fingerprint density at radius 2 is 1.07 bits per heavy atom. The van der Waals surface area contributed by atoms with Gasteiger partial charge in [0, 0.05) is 17.9 Å². The normalized spacial score (nSPS) is 45.5. The Kier molecular flexibility index (Phi) is 2.11. The highest BCUT2D eigenvalue weighted by molar-refractivity contribution is 5.29. The molecule has 2 nitrogen and oxygen atoms in total. The third-order valence-electron chi connectivity index (χ3n) is 3.91. The molecule has 0 aromatic rings. The van der Waals surface area contributed by atoms with E-state index in [0.29, 0.717) is 29.7 Å². The zero-order valence-electron chi connectivity index (χ0n) is 8.58. The highest BCUT2D eigenvalue weighted by Gasteiger charge is 2.46. The van der Waals surface area contributed by atoms with Crippen molar-refractivity contribution in [1.82, 2.24) is 5.43 Å². The van der Waals surface area contributed by atoms with Gasteiger partial charge in [-0.1, -0.05) is 48.6 Å². The lowest BCUT2D eigenvalue weighted by Crippen LogP contribution is -2.42. The molecule has 15 heavy (non-hydrogen) atoms. The number of allylic oxidation sites excluding steroid dienone is 6.